The van der Waals surface area contributed by atoms with E-state index in [1.54, 1.807) is 25.1 Å². The number of alkyl halides is 3. The number of rotatable bonds is 7. The van der Waals surface area contributed by atoms with E-state index in [1.807, 2.05) is 54.6 Å². The third-order valence-electron chi connectivity index (χ3n) is 5.80. The Kier molecular flexibility index (Phi) is 8.12. The predicted octanol–water partition coefficient (Wildman–Crippen LogP) is 6.37. The van der Waals surface area contributed by atoms with Crippen molar-refractivity contribution in [2.45, 2.75) is 25.7 Å². The Morgan fingerprint density at radius 1 is 0.914 bits per heavy atom. The van der Waals surface area contributed by atoms with Crippen LogP contribution in [0.25, 0.3) is 10.9 Å². The van der Waals surface area contributed by atoms with Gasteiger partial charge in [0.1, 0.15) is 5.82 Å². The van der Waals surface area contributed by atoms with Gasteiger partial charge >= 0.3 is 6.18 Å². The summed E-state index contributed by atoms with van der Waals surface area (Å²) in [4.78, 5) is 14.2. The zero-order valence-electron chi connectivity index (χ0n) is 19.5. The number of hydrogen-bond acceptors (Lipinski definition) is 2. The van der Waals surface area contributed by atoms with Gasteiger partial charge in [-0.05, 0) is 29.3 Å². The Morgan fingerprint density at radius 2 is 1.57 bits per heavy atom. The summed E-state index contributed by atoms with van der Waals surface area (Å²) in [6.45, 7) is 0.751. The van der Waals surface area contributed by atoms with Gasteiger partial charge in [-0.25, -0.2) is 0 Å². The van der Waals surface area contributed by atoms with Crippen LogP contribution in [0.3, 0.4) is 0 Å². The van der Waals surface area contributed by atoms with Crippen LogP contribution in [-0.4, -0.2) is 29.5 Å². The maximum absolute atomic E-state index is 13.2. The number of carbonyl (C=O) groups is 1. The quantitative estimate of drug-likeness (QED) is 0.319. The molecular weight excluding hydrogens is 475 g/mol. The van der Waals surface area contributed by atoms with Crippen molar-refractivity contribution in [3.05, 3.63) is 101 Å². The third-order valence-corrected chi connectivity index (χ3v) is 5.80. The van der Waals surface area contributed by atoms with Crippen molar-refractivity contribution in [3.8, 4) is 0 Å². The maximum atomic E-state index is 13.2. The molecule has 0 spiro atoms. The molecule has 0 saturated carbocycles. The average Bonchev–Trinajstić information content (AvgIpc) is 3.10. The SMILES string of the molecule is CN(C)C(=O)Cc1c(NCc2cccc(C(F)(F)F)c2)n(Cc2ccccc2)c2ccccc12.Cl. The number of para-hydroxylation sites is 1. The molecule has 184 valence electrons. The van der Waals surface area contributed by atoms with E-state index in [2.05, 4.69) is 9.88 Å². The number of nitrogens with zero attached hydrogens (tertiary/aromatic N) is 2. The molecule has 0 unspecified atom stereocenters. The zero-order chi connectivity index (χ0) is 24.3. The minimum absolute atomic E-state index is 0. The molecule has 35 heavy (non-hydrogen) atoms. The first-order valence-corrected chi connectivity index (χ1v) is 11.0. The molecule has 0 saturated heterocycles. The van der Waals surface area contributed by atoms with Crippen molar-refractivity contribution in [3.63, 3.8) is 0 Å². The molecule has 8 heteroatoms. The molecule has 1 amide bonds. The lowest BCUT2D eigenvalue weighted by Gasteiger charge is -2.16. The van der Waals surface area contributed by atoms with E-state index in [0.717, 1.165) is 40.0 Å². The predicted molar refractivity (Wildman–Crippen MR) is 136 cm³/mol. The van der Waals surface area contributed by atoms with Gasteiger partial charge in [-0.3, -0.25) is 4.79 Å². The van der Waals surface area contributed by atoms with Crippen LogP contribution in [0.15, 0.2) is 78.9 Å². The molecule has 1 N–H and O–H groups in total. The second kappa shape index (κ2) is 10.9. The average molecular weight is 502 g/mol. The van der Waals surface area contributed by atoms with Gasteiger partial charge in [0.25, 0.3) is 0 Å². The van der Waals surface area contributed by atoms with E-state index >= 15 is 0 Å². The van der Waals surface area contributed by atoms with Crippen molar-refractivity contribution < 1.29 is 18.0 Å². The lowest BCUT2D eigenvalue weighted by atomic mass is 10.1. The topological polar surface area (TPSA) is 37.3 Å². The molecule has 0 radical (unpaired) electrons. The molecule has 1 aromatic heterocycles. The fourth-order valence-electron chi connectivity index (χ4n) is 4.04. The lowest BCUT2D eigenvalue weighted by molar-refractivity contribution is -0.137. The van der Waals surface area contributed by atoms with E-state index in [1.165, 1.54) is 6.07 Å². The fourth-order valence-corrected chi connectivity index (χ4v) is 4.04. The van der Waals surface area contributed by atoms with Crippen molar-refractivity contribution in [1.29, 1.82) is 0 Å². The van der Waals surface area contributed by atoms with Crippen LogP contribution < -0.4 is 5.32 Å². The van der Waals surface area contributed by atoms with Gasteiger partial charge in [-0.15, -0.1) is 12.4 Å². The standard InChI is InChI=1S/C27H26F3N3O.ClH/c1-32(2)25(34)16-23-22-13-6-7-14-24(22)33(18-19-9-4-3-5-10-19)26(23)31-17-20-11-8-12-21(15-20)27(28,29)30;/h3-15,31H,16-18H2,1-2H3;1H. The summed E-state index contributed by atoms with van der Waals surface area (Å²) < 4.78 is 41.7. The van der Waals surface area contributed by atoms with Crippen molar-refractivity contribution in [1.82, 2.24) is 9.47 Å². The molecule has 0 fully saturated rings. The number of halogens is 4. The summed E-state index contributed by atoms with van der Waals surface area (Å²) in [5, 5.41) is 4.30. The highest BCUT2D eigenvalue weighted by Crippen LogP contribution is 2.33. The Hall–Kier alpha value is -3.45. The van der Waals surface area contributed by atoms with Crippen LogP contribution in [0, 0.1) is 0 Å². The number of anilines is 1. The second-order valence-electron chi connectivity index (χ2n) is 8.43. The van der Waals surface area contributed by atoms with Gasteiger partial charge < -0.3 is 14.8 Å². The normalized spacial score (nSPS) is 11.2. The summed E-state index contributed by atoms with van der Waals surface area (Å²) in [6, 6.07) is 23.1. The molecule has 1 heterocycles. The number of carbonyl (C=O) groups excluding carboxylic acids is 1. The smallest absolute Gasteiger partial charge is 0.367 e. The van der Waals surface area contributed by atoms with Gasteiger partial charge in [0.2, 0.25) is 5.91 Å². The van der Waals surface area contributed by atoms with Crippen LogP contribution in [0.1, 0.15) is 22.3 Å². The van der Waals surface area contributed by atoms with Crippen molar-refractivity contribution >= 4 is 35.0 Å². The maximum Gasteiger partial charge on any atom is 0.416 e. The second-order valence-corrected chi connectivity index (χ2v) is 8.43. The summed E-state index contributed by atoms with van der Waals surface area (Å²) in [5.41, 5.74) is 2.70. The van der Waals surface area contributed by atoms with E-state index < -0.39 is 11.7 Å². The molecule has 0 bridgehead atoms. The van der Waals surface area contributed by atoms with Gasteiger partial charge in [0.15, 0.2) is 0 Å². The first kappa shape index (κ1) is 26.2. The monoisotopic (exact) mass is 501 g/mol. The van der Waals surface area contributed by atoms with Gasteiger partial charge in [-0.1, -0.05) is 60.7 Å². The minimum Gasteiger partial charge on any atom is -0.367 e. The molecule has 0 aliphatic rings. The number of hydrogen-bond donors (Lipinski definition) is 1. The van der Waals surface area contributed by atoms with Crippen LogP contribution in [0.4, 0.5) is 19.0 Å². The number of likely N-dealkylation sites (N-methyl/N-ethyl adjacent to an activating group) is 1. The largest absolute Gasteiger partial charge is 0.416 e. The number of benzene rings is 3. The number of amides is 1. The number of aromatic nitrogens is 1. The molecule has 0 aliphatic carbocycles. The van der Waals surface area contributed by atoms with E-state index in [4.69, 9.17) is 0 Å². The van der Waals surface area contributed by atoms with Gasteiger partial charge in [0, 0.05) is 38.1 Å². The molecule has 3 aromatic carbocycles. The fraction of sp³-hybridized carbons (Fsp3) is 0.222. The Bertz CT molecular complexity index is 1300. The summed E-state index contributed by atoms with van der Waals surface area (Å²) in [6.07, 6.45) is -4.22. The van der Waals surface area contributed by atoms with Gasteiger partial charge in [0.05, 0.1) is 17.5 Å². The summed E-state index contributed by atoms with van der Waals surface area (Å²) in [5.74, 6) is 0.683. The lowest BCUT2D eigenvalue weighted by Crippen LogP contribution is -2.24. The van der Waals surface area contributed by atoms with E-state index in [0.29, 0.717) is 12.1 Å². The van der Waals surface area contributed by atoms with Crippen LogP contribution in [0.5, 0.6) is 0 Å². The number of nitrogens with one attached hydrogen (secondary N) is 1. The Balaban J connectivity index is 0.00000342. The summed E-state index contributed by atoms with van der Waals surface area (Å²) >= 11 is 0. The number of fused-ring (bicyclic) bond motifs is 1. The highest BCUT2D eigenvalue weighted by molar-refractivity contribution is 5.94. The van der Waals surface area contributed by atoms with Crippen molar-refractivity contribution in [2.24, 2.45) is 0 Å². The Morgan fingerprint density at radius 3 is 2.26 bits per heavy atom. The molecule has 4 nitrogen and oxygen atoms in total. The third kappa shape index (κ3) is 5.98. The molecule has 4 rings (SSSR count). The first-order chi connectivity index (χ1) is 16.2. The molecular formula is C27H27ClF3N3O. The zero-order valence-corrected chi connectivity index (χ0v) is 20.3. The highest BCUT2D eigenvalue weighted by Gasteiger charge is 2.30. The van der Waals surface area contributed by atoms with E-state index in [9.17, 15) is 18.0 Å². The van der Waals surface area contributed by atoms with Crippen LogP contribution in [-0.2, 0) is 30.5 Å². The van der Waals surface area contributed by atoms with E-state index in [-0.39, 0.29) is 31.3 Å². The van der Waals surface area contributed by atoms with Crippen LogP contribution in [0.2, 0.25) is 0 Å². The van der Waals surface area contributed by atoms with Crippen LogP contribution >= 0.6 is 12.4 Å². The highest BCUT2D eigenvalue weighted by atomic mass is 35.5. The van der Waals surface area contributed by atoms with Crippen molar-refractivity contribution in [2.75, 3.05) is 19.4 Å². The Labute approximate surface area is 208 Å². The summed E-state index contributed by atoms with van der Waals surface area (Å²) in [7, 11) is 3.42. The minimum atomic E-state index is -4.40. The van der Waals surface area contributed by atoms with Gasteiger partial charge in [-0.2, -0.15) is 13.2 Å². The first-order valence-electron chi connectivity index (χ1n) is 11.0. The molecule has 0 aliphatic heterocycles. The molecule has 0 atom stereocenters. The molecule has 4 aromatic rings.